The smallest absolute Gasteiger partial charge is 0.241 e. The van der Waals surface area contributed by atoms with Gasteiger partial charge in [-0.15, -0.1) is 11.8 Å². The molecule has 0 saturated heterocycles. The maximum Gasteiger partial charge on any atom is 0.241 e. The van der Waals surface area contributed by atoms with Crippen molar-refractivity contribution in [3.63, 3.8) is 0 Å². The molecule has 0 radical (unpaired) electrons. The van der Waals surface area contributed by atoms with Crippen LogP contribution in [-0.4, -0.2) is 11.2 Å². The van der Waals surface area contributed by atoms with E-state index in [1.165, 1.54) is 11.8 Å². The Labute approximate surface area is 134 Å². The average molecular weight is 308 g/mol. The highest BCUT2D eigenvalue weighted by molar-refractivity contribution is 8.01. The highest BCUT2D eigenvalue weighted by Gasteiger charge is 2.33. The number of rotatable bonds is 3. The molecule has 1 heterocycles. The lowest BCUT2D eigenvalue weighted by molar-refractivity contribution is -0.118. The van der Waals surface area contributed by atoms with Gasteiger partial charge in [-0.05, 0) is 30.2 Å². The molecule has 1 aliphatic rings. The Morgan fingerprint density at radius 3 is 2.73 bits per heavy atom. The Morgan fingerprint density at radius 2 is 2.00 bits per heavy atom. The van der Waals surface area contributed by atoms with Crippen molar-refractivity contribution in [1.29, 1.82) is 5.26 Å². The second-order valence-electron chi connectivity index (χ2n) is 5.35. The molecule has 22 heavy (non-hydrogen) atoms. The van der Waals surface area contributed by atoms with Gasteiger partial charge in [-0.2, -0.15) is 5.26 Å². The lowest BCUT2D eigenvalue weighted by atomic mass is 10.1. The molecule has 2 aromatic rings. The van der Waals surface area contributed by atoms with Crippen molar-refractivity contribution >= 4 is 23.4 Å². The largest absolute Gasteiger partial charge is 0.306 e. The van der Waals surface area contributed by atoms with Gasteiger partial charge in [0.1, 0.15) is 5.25 Å². The van der Waals surface area contributed by atoms with E-state index in [4.69, 9.17) is 5.26 Å². The number of nitriles is 1. The van der Waals surface area contributed by atoms with Crippen molar-refractivity contribution in [2.75, 3.05) is 4.90 Å². The summed E-state index contributed by atoms with van der Waals surface area (Å²) >= 11 is 1.50. The Hall–Kier alpha value is -2.25. The number of amides is 1. The minimum atomic E-state index is -0.316. The molecule has 1 unspecified atom stereocenters. The van der Waals surface area contributed by atoms with E-state index in [0.717, 1.165) is 21.7 Å². The molecule has 0 saturated carbocycles. The second-order valence-corrected chi connectivity index (χ2v) is 6.59. The molecule has 0 bridgehead atoms. The highest BCUT2D eigenvalue weighted by Crippen LogP contribution is 2.41. The van der Waals surface area contributed by atoms with Crippen molar-refractivity contribution < 1.29 is 4.79 Å². The quantitative estimate of drug-likeness (QED) is 0.863. The number of carbonyl (C=O) groups excluding carboxylic acids is 1. The Morgan fingerprint density at radius 1 is 1.23 bits per heavy atom. The van der Waals surface area contributed by atoms with Gasteiger partial charge >= 0.3 is 0 Å². The number of nitrogens with zero attached hydrogens (tertiary/aromatic N) is 2. The third-order valence-corrected chi connectivity index (χ3v) is 4.93. The molecule has 1 aliphatic heterocycles. The maximum absolute atomic E-state index is 12.7. The monoisotopic (exact) mass is 308 g/mol. The maximum atomic E-state index is 12.7. The van der Waals surface area contributed by atoms with E-state index >= 15 is 0 Å². The molecule has 0 spiro atoms. The minimum absolute atomic E-state index is 0.0218. The zero-order chi connectivity index (χ0) is 15.5. The third-order valence-electron chi connectivity index (χ3n) is 3.68. The molecular formula is C18H16N2OS. The summed E-state index contributed by atoms with van der Waals surface area (Å²) in [5.74, 6) is 0.0218. The Balaban J connectivity index is 2.00. The van der Waals surface area contributed by atoms with E-state index in [1.807, 2.05) is 60.4 Å². The van der Waals surface area contributed by atoms with Crippen LogP contribution in [0.3, 0.4) is 0 Å². The lowest BCUT2D eigenvalue weighted by Crippen LogP contribution is -2.40. The van der Waals surface area contributed by atoms with E-state index in [-0.39, 0.29) is 17.6 Å². The molecule has 1 amide bonds. The zero-order valence-electron chi connectivity index (χ0n) is 12.3. The van der Waals surface area contributed by atoms with Crippen LogP contribution in [0.5, 0.6) is 0 Å². The van der Waals surface area contributed by atoms with Crippen LogP contribution in [0.15, 0.2) is 53.4 Å². The number of hydrogen-bond acceptors (Lipinski definition) is 3. The summed E-state index contributed by atoms with van der Waals surface area (Å²) in [5.41, 5.74) is 3.17. The van der Waals surface area contributed by atoms with Gasteiger partial charge in [-0.1, -0.05) is 36.4 Å². The number of benzene rings is 2. The molecule has 0 fully saturated rings. The van der Waals surface area contributed by atoms with Crippen molar-refractivity contribution in [3.05, 3.63) is 59.7 Å². The summed E-state index contributed by atoms with van der Waals surface area (Å²) in [5, 5.41) is 8.65. The molecule has 3 rings (SSSR count). The van der Waals surface area contributed by atoms with E-state index in [0.29, 0.717) is 6.54 Å². The first-order chi connectivity index (χ1) is 10.7. The van der Waals surface area contributed by atoms with E-state index < -0.39 is 0 Å². The van der Waals surface area contributed by atoms with Crippen LogP contribution in [0.2, 0.25) is 0 Å². The summed E-state index contributed by atoms with van der Waals surface area (Å²) in [4.78, 5) is 15.6. The van der Waals surface area contributed by atoms with Gasteiger partial charge in [0, 0.05) is 4.90 Å². The van der Waals surface area contributed by atoms with Gasteiger partial charge in [0.2, 0.25) is 5.91 Å². The van der Waals surface area contributed by atoms with Crippen LogP contribution in [0, 0.1) is 18.3 Å². The average Bonchev–Trinajstić information content (AvgIpc) is 2.53. The van der Waals surface area contributed by atoms with Gasteiger partial charge < -0.3 is 4.90 Å². The summed E-state index contributed by atoms with van der Waals surface area (Å²) in [6.45, 7) is 2.57. The number of fused-ring (bicyclic) bond motifs is 1. The Kier molecular flexibility index (Phi) is 4.17. The van der Waals surface area contributed by atoms with Crippen molar-refractivity contribution in [2.24, 2.45) is 0 Å². The predicted molar refractivity (Wildman–Crippen MR) is 88.7 cm³/mol. The van der Waals surface area contributed by atoms with E-state index in [1.54, 1.807) is 0 Å². The summed E-state index contributed by atoms with van der Waals surface area (Å²) in [7, 11) is 0. The Bertz CT molecular complexity index is 736. The SMILES string of the molecule is Cc1ccc2c(c1)N(Cc1ccccc1)C(=O)C(CC#N)S2. The summed E-state index contributed by atoms with van der Waals surface area (Å²) < 4.78 is 0. The molecule has 0 aromatic heterocycles. The lowest BCUT2D eigenvalue weighted by Gasteiger charge is -2.33. The fourth-order valence-electron chi connectivity index (χ4n) is 2.58. The van der Waals surface area contributed by atoms with Crippen LogP contribution in [0.1, 0.15) is 17.5 Å². The number of anilines is 1. The number of aryl methyl sites for hydroxylation is 1. The van der Waals surface area contributed by atoms with E-state index in [2.05, 4.69) is 6.07 Å². The molecule has 3 nitrogen and oxygen atoms in total. The summed E-state index contributed by atoms with van der Waals surface area (Å²) in [6, 6.07) is 18.2. The standard InChI is InChI=1S/C18H16N2OS/c1-13-7-8-16-15(11-13)20(12-14-5-3-2-4-6-14)18(21)17(22-16)9-10-19/h2-8,11,17H,9,12H2,1H3. The van der Waals surface area contributed by atoms with Crippen molar-refractivity contribution in [1.82, 2.24) is 0 Å². The minimum Gasteiger partial charge on any atom is -0.306 e. The van der Waals surface area contributed by atoms with Gasteiger partial charge in [0.15, 0.2) is 0 Å². The molecule has 110 valence electrons. The van der Waals surface area contributed by atoms with Gasteiger partial charge in [0.25, 0.3) is 0 Å². The van der Waals surface area contributed by atoms with Gasteiger partial charge in [-0.3, -0.25) is 4.79 Å². The fraction of sp³-hybridized carbons (Fsp3) is 0.222. The summed E-state index contributed by atoms with van der Waals surface area (Å²) in [6.07, 6.45) is 0.238. The molecule has 1 atom stereocenters. The predicted octanol–water partition coefficient (Wildman–Crippen LogP) is 3.92. The highest BCUT2D eigenvalue weighted by atomic mass is 32.2. The van der Waals surface area contributed by atoms with Crippen molar-refractivity contribution in [3.8, 4) is 6.07 Å². The first-order valence-corrected chi connectivity index (χ1v) is 8.06. The zero-order valence-corrected chi connectivity index (χ0v) is 13.1. The first-order valence-electron chi connectivity index (χ1n) is 7.18. The van der Waals surface area contributed by atoms with E-state index in [9.17, 15) is 4.79 Å². The van der Waals surface area contributed by atoms with Crippen LogP contribution >= 0.6 is 11.8 Å². The molecule has 2 aromatic carbocycles. The molecular weight excluding hydrogens is 292 g/mol. The first kappa shape index (κ1) is 14.7. The van der Waals surface area contributed by atoms with Crippen LogP contribution in [0.25, 0.3) is 0 Å². The fourth-order valence-corrected chi connectivity index (χ4v) is 3.70. The van der Waals surface area contributed by atoms with Crippen molar-refractivity contribution in [2.45, 2.75) is 30.0 Å². The second kappa shape index (κ2) is 6.25. The number of hydrogen-bond donors (Lipinski definition) is 0. The van der Waals surface area contributed by atoms with Crippen LogP contribution < -0.4 is 4.90 Å². The van der Waals surface area contributed by atoms with Crippen LogP contribution in [0.4, 0.5) is 5.69 Å². The van der Waals surface area contributed by atoms with Gasteiger partial charge in [-0.25, -0.2) is 0 Å². The van der Waals surface area contributed by atoms with Crippen LogP contribution in [-0.2, 0) is 11.3 Å². The molecule has 0 aliphatic carbocycles. The topological polar surface area (TPSA) is 44.1 Å². The molecule has 4 heteroatoms. The number of thioether (sulfide) groups is 1. The number of carbonyl (C=O) groups is 1. The molecule has 0 N–H and O–H groups in total. The third kappa shape index (κ3) is 2.86. The van der Waals surface area contributed by atoms with Gasteiger partial charge in [0.05, 0.1) is 24.7 Å². The normalized spacial score (nSPS) is 17.0.